The van der Waals surface area contributed by atoms with Gasteiger partial charge in [-0.15, -0.1) is 0 Å². The van der Waals surface area contributed by atoms with Gasteiger partial charge in [0.2, 0.25) is 0 Å². The number of benzene rings is 1. The molecule has 0 bridgehead atoms. The van der Waals surface area contributed by atoms with Gasteiger partial charge in [-0.1, -0.05) is 12.1 Å². The van der Waals surface area contributed by atoms with Crippen LogP contribution in [0.3, 0.4) is 0 Å². The number of anilines is 1. The third kappa shape index (κ3) is 4.27. The van der Waals surface area contributed by atoms with Crippen LogP contribution >= 0.6 is 12.2 Å². The fourth-order valence-electron chi connectivity index (χ4n) is 1.24. The molecule has 0 aromatic heterocycles. The Kier molecular flexibility index (Phi) is 5.07. The summed E-state index contributed by atoms with van der Waals surface area (Å²) < 4.78 is 5.06. The second kappa shape index (κ2) is 6.37. The number of methoxy groups -OCH3 is 1. The molecule has 15 heavy (non-hydrogen) atoms. The Labute approximate surface area is 95.8 Å². The van der Waals surface area contributed by atoms with Crippen molar-refractivity contribution in [1.82, 2.24) is 5.32 Å². The first-order valence-electron chi connectivity index (χ1n) is 4.89. The van der Waals surface area contributed by atoms with Crippen molar-refractivity contribution in [2.75, 3.05) is 19.0 Å². The van der Waals surface area contributed by atoms with Crippen LogP contribution in [0.15, 0.2) is 24.3 Å². The maximum absolute atomic E-state index is 5.09. The van der Waals surface area contributed by atoms with Gasteiger partial charge in [-0.2, -0.15) is 0 Å². The number of hydrogen-bond donors (Lipinski definition) is 2. The molecule has 0 atom stereocenters. The molecule has 0 heterocycles. The van der Waals surface area contributed by atoms with Crippen LogP contribution in [-0.2, 0) is 11.3 Å². The zero-order valence-electron chi connectivity index (χ0n) is 9.04. The van der Waals surface area contributed by atoms with Gasteiger partial charge in [0.05, 0.1) is 6.61 Å². The van der Waals surface area contributed by atoms with Crippen LogP contribution in [0.4, 0.5) is 5.69 Å². The Morgan fingerprint density at radius 3 is 2.93 bits per heavy atom. The average molecular weight is 224 g/mol. The minimum absolute atomic E-state index is 0.615. The topological polar surface area (TPSA) is 33.3 Å². The van der Waals surface area contributed by atoms with E-state index in [1.807, 2.05) is 31.2 Å². The minimum Gasteiger partial charge on any atom is -0.380 e. The Hall–Kier alpha value is -1.13. The highest BCUT2D eigenvalue weighted by molar-refractivity contribution is 7.80. The van der Waals surface area contributed by atoms with Crippen molar-refractivity contribution in [3.05, 3.63) is 29.8 Å². The smallest absolute Gasteiger partial charge is 0.170 e. The number of hydrogen-bond acceptors (Lipinski definition) is 2. The van der Waals surface area contributed by atoms with Crippen LogP contribution in [0, 0.1) is 0 Å². The average Bonchev–Trinajstić information content (AvgIpc) is 2.19. The van der Waals surface area contributed by atoms with Crippen molar-refractivity contribution in [3.8, 4) is 0 Å². The summed E-state index contributed by atoms with van der Waals surface area (Å²) in [5, 5.41) is 6.79. The lowest BCUT2D eigenvalue weighted by atomic mass is 10.2. The molecular weight excluding hydrogens is 208 g/mol. The molecule has 0 aliphatic carbocycles. The summed E-state index contributed by atoms with van der Waals surface area (Å²) in [7, 11) is 1.68. The van der Waals surface area contributed by atoms with Crippen molar-refractivity contribution < 1.29 is 4.74 Å². The van der Waals surface area contributed by atoms with Crippen molar-refractivity contribution in [2.45, 2.75) is 13.5 Å². The van der Waals surface area contributed by atoms with E-state index < -0.39 is 0 Å². The first kappa shape index (κ1) is 11.9. The lowest BCUT2D eigenvalue weighted by Crippen LogP contribution is -2.27. The quantitative estimate of drug-likeness (QED) is 0.768. The van der Waals surface area contributed by atoms with E-state index in [4.69, 9.17) is 17.0 Å². The molecule has 0 aliphatic rings. The molecule has 1 aromatic carbocycles. The predicted molar refractivity (Wildman–Crippen MR) is 67.1 cm³/mol. The highest BCUT2D eigenvalue weighted by Gasteiger charge is 1.97. The van der Waals surface area contributed by atoms with E-state index in [0.717, 1.165) is 17.8 Å². The summed E-state index contributed by atoms with van der Waals surface area (Å²) in [6, 6.07) is 7.99. The molecule has 0 aliphatic heterocycles. The van der Waals surface area contributed by atoms with E-state index in [0.29, 0.717) is 11.7 Å². The van der Waals surface area contributed by atoms with Crippen LogP contribution in [0.1, 0.15) is 12.5 Å². The Bertz CT molecular complexity index is 328. The number of rotatable bonds is 4. The second-order valence-electron chi connectivity index (χ2n) is 3.12. The van der Waals surface area contributed by atoms with Gasteiger partial charge in [-0.3, -0.25) is 0 Å². The van der Waals surface area contributed by atoms with E-state index in [1.54, 1.807) is 7.11 Å². The maximum Gasteiger partial charge on any atom is 0.170 e. The molecule has 1 rings (SSSR count). The molecule has 0 fully saturated rings. The normalized spacial score (nSPS) is 9.73. The third-order valence-corrected chi connectivity index (χ3v) is 2.08. The van der Waals surface area contributed by atoms with Gasteiger partial charge in [0.1, 0.15) is 0 Å². The molecule has 82 valence electrons. The van der Waals surface area contributed by atoms with Gasteiger partial charge in [0.15, 0.2) is 5.11 Å². The molecule has 0 unspecified atom stereocenters. The van der Waals surface area contributed by atoms with Gasteiger partial charge in [-0.05, 0) is 36.8 Å². The maximum atomic E-state index is 5.09. The molecule has 0 saturated heterocycles. The molecule has 4 heteroatoms. The Morgan fingerprint density at radius 1 is 1.47 bits per heavy atom. The van der Waals surface area contributed by atoms with E-state index in [1.165, 1.54) is 0 Å². The summed E-state index contributed by atoms with van der Waals surface area (Å²) in [5.74, 6) is 0. The fourth-order valence-corrected chi connectivity index (χ4v) is 1.50. The van der Waals surface area contributed by atoms with E-state index in [9.17, 15) is 0 Å². The molecular formula is C11H16N2OS. The largest absolute Gasteiger partial charge is 0.380 e. The molecule has 1 aromatic rings. The standard InChI is InChI=1S/C11H16N2OS/c1-3-12-11(15)13-10-6-4-5-9(7-10)8-14-2/h4-7H,3,8H2,1-2H3,(H2,12,13,15). The van der Waals surface area contributed by atoms with Crippen LogP contribution in [0.2, 0.25) is 0 Å². The zero-order valence-corrected chi connectivity index (χ0v) is 9.86. The van der Waals surface area contributed by atoms with E-state index in [2.05, 4.69) is 10.6 Å². The molecule has 0 radical (unpaired) electrons. The second-order valence-corrected chi connectivity index (χ2v) is 3.53. The van der Waals surface area contributed by atoms with E-state index >= 15 is 0 Å². The van der Waals surface area contributed by atoms with Gasteiger partial charge < -0.3 is 15.4 Å². The van der Waals surface area contributed by atoms with Gasteiger partial charge >= 0.3 is 0 Å². The highest BCUT2D eigenvalue weighted by atomic mass is 32.1. The number of nitrogens with one attached hydrogen (secondary N) is 2. The lowest BCUT2D eigenvalue weighted by Gasteiger charge is -2.09. The van der Waals surface area contributed by atoms with Crippen LogP contribution in [-0.4, -0.2) is 18.8 Å². The SMILES string of the molecule is CCNC(=S)Nc1cccc(COC)c1. The van der Waals surface area contributed by atoms with Crippen molar-refractivity contribution >= 4 is 23.0 Å². The first-order valence-corrected chi connectivity index (χ1v) is 5.29. The first-order chi connectivity index (χ1) is 7.26. The Balaban J connectivity index is 2.60. The molecule has 3 nitrogen and oxygen atoms in total. The van der Waals surface area contributed by atoms with Crippen LogP contribution < -0.4 is 10.6 Å². The number of ether oxygens (including phenoxy) is 1. The van der Waals surface area contributed by atoms with E-state index in [-0.39, 0.29) is 0 Å². The summed E-state index contributed by atoms with van der Waals surface area (Å²) in [6.07, 6.45) is 0. The summed E-state index contributed by atoms with van der Waals surface area (Å²) in [6.45, 7) is 3.45. The molecule has 0 amide bonds. The summed E-state index contributed by atoms with van der Waals surface area (Å²) in [4.78, 5) is 0. The van der Waals surface area contributed by atoms with Gasteiger partial charge in [0.25, 0.3) is 0 Å². The number of thiocarbonyl (C=S) groups is 1. The summed E-state index contributed by atoms with van der Waals surface area (Å²) in [5.41, 5.74) is 2.11. The van der Waals surface area contributed by atoms with Crippen molar-refractivity contribution in [2.24, 2.45) is 0 Å². The van der Waals surface area contributed by atoms with Gasteiger partial charge in [0, 0.05) is 19.3 Å². The lowest BCUT2D eigenvalue weighted by molar-refractivity contribution is 0.185. The minimum atomic E-state index is 0.615. The third-order valence-electron chi connectivity index (χ3n) is 1.83. The monoisotopic (exact) mass is 224 g/mol. The molecule has 0 saturated carbocycles. The van der Waals surface area contributed by atoms with Gasteiger partial charge in [-0.25, -0.2) is 0 Å². The van der Waals surface area contributed by atoms with Crippen molar-refractivity contribution in [3.63, 3.8) is 0 Å². The molecule has 2 N–H and O–H groups in total. The van der Waals surface area contributed by atoms with Crippen LogP contribution in [0.25, 0.3) is 0 Å². The van der Waals surface area contributed by atoms with Crippen molar-refractivity contribution in [1.29, 1.82) is 0 Å². The zero-order chi connectivity index (χ0) is 11.1. The predicted octanol–water partition coefficient (Wildman–Crippen LogP) is 2.14. The van der Waals surface area contributed by atoms with Crippen LogP contribution in [0.5, 0.6) is 0 Å². The fraction of sp³-hybridized carbons (Fsp3) is 0.364. The summed E-state index contributed by atoms with van der Waals surface area (Å²) >= 11 is 5.09. The molecule has 0 spiro atoms. The Morgan fingerprint density at radius 2 is 2.27 bits per heavy atom. The highest BCUT2D eigenvalue weighted by Crippen LogP contribution is 2.11.